The van der Waals surface area contributed by atoms with Crippen LogP contribution in [0.2, 0.25) is 5.02 Å². The molecule has 102 valence electrons. The molecule has 0 aliphatic carbocycles. The minimum absolute atomic E-state index is 0.0120. The molecule has 0 fully saturated rings. The summed E-state index contributed by atoms with van der Waals surface area (Å²) in [5.41, 5.74) is 4.14. The third-order valence-corrected chi connectivity index (χ3v) is 3.97. The van der Waals surface area contributed by atoms with Gasteiger partial charge in [-0.2, -0.15) is 0 Å². The summed E-state index contributed by atoms with van der Waals surface area (Å²) < 4.78 is 19.5. The molecule has 1 unspecified atom stereocenters. The molecule has 0 heterocycles. The van der Waals surface area contributed by atoms with E-state index < -0.39 is 11.4 Å². The summed E-state index contributed by atoms with van der Waals surface area (Å²) in [6, 6.07) is 3.10. The Morgan fingerprint density at radius 1 is 1.56 bits per heavy atom. The highest BCUT2D eigenvalue weighted by molar-refractivity contribution is 9.10. The molecule has 1 rings (SSSR count). The normalized spacial score (nSPS) is 14.6. The van der Waals surface area contributed by atoms with Crippen molar-refractivity contribution in [3.8, 4) is 0 Å². The Morgan fingerprint density at radius 3 is 2.78 bits per heavy atom. The van der Waals surface area contributed by atoms with E-state index in [1.807, 2.05) is 0 Å². The highest BCUT2D eigenvalue weighted by Gasteiger charge is 2.33. The van der Waals surface area contributed by atoms with Gasteiger partial charge in [0.05, 0.1) is 11.6 Å². The average Bonchev–Trinajstić information content (AvgIpc) is 2.34. The minimum Gasteiger partial charge on any atom is -0.383 e. The molecule has 1 aromatic carbocycles. The summed E-state index contributed by atoms with van der Waals surface area (Å²) in [5, 5.41) is 10.5. The van der Waals surface area contributed by atoms with Crippen molar-refractivity contribution >= 4 is 27.5 Å². The fourth-order valence-corrected chi connectivity index (χ4v) is 2.27. The lowest BCUT2D eigenvalue weighted by molar-refractivity contribution is -0.0453. The number of aliphatic hydroxyl groups is 1. The first-order chi connectivity index (χ1) is 8.46. The summed E-state index contributed by atoms with van der Waals surface area (Å²) in [6.07, 6.45) is 0.874. The van der Waals surface area contributed by atoms with Crippen molar-refractivity contribution < 1.29 is 14.2 Å². The topological polar surface area (TPSA) is 55.5 Å². The number of methoxy groups -OCH3 is 1. The first-order valence-corrected chi connectivity index (χ1v) is 6.68. The summed E-state index contributed by atoms with van der Waals surface area (Å²) in [5.74, 6) is -0.636. The van der Waals surface area contributed by atoms with Gasteiger partial charge in [-0.25, -0.2) is 4.39 Å². The zero-order valence-electron chi connectivity index (χ0n) is 10.0. The van der Waals surface area contributed by atoms with Gasteiger partial charge in [-0.1, -0.05) is 17.7 Å². The second-order valence-corrected chi connectivity index (χ2v) is 5.31. The largest absolute Gasteiger partial charge is 0.383 e. The van der Waals surface area contributed by atoms with Crippen LogP contribution in [0.1, 0.15) is 18.4 Å². The average molecular weight is 341 g/mol. The Bertz CT molecular complexity index is 419. The molecule has 1 aromatic rings. The van der Waals surface area contributed by atoms with Crippen LogP contribution in [0.15, 0.2) is 16.6 Å². The summed E-state index contributed by atoms with van der Waals surface area (Å²) in [7, 11) is 1.45. The number of nitrogens with two attached hydrogens (primary N) is 1. The maximum Gasteiger partial charge on any atom is 0.149 e. The summed E-state index contributed by atoms with van der Waals surface area (Å²) >= 11 is 8.96. The lowest BCUT2D eigenvalue weighted by atomic mass is 9.89. The fraction of sp³-hybridized carbons (Fsp3) is 0.500. The molecule has 6 heteroatoms. The van der Waals surface area contributed by atoms with E-state index in [2.05, 4.69) is 15.9 Å². The predicted molar refractivity (Wildman–Crippen MR) is 73.2 cm³/mol. The first-order valence-electron chi connectivity index (χ1n) is 5.51. The van der Waals surface area contributed by atoms with Gasteiger partial charge in [-0.05, 0) is 41.4 Å². The highest BCUT2D eigenvalue weighted by atomic mass is 79.9. The van der Waals surface area contributed by atoms with Crippen molar-refractivity contribution in [2.24, 2.45) is 5.73 Å². The second kappa shape index (κ2) is 6.82. The molecule has 0 saturated carbocycles. The van der Waals surface area contributed by atoms with Crippen LogP contribution in [0, 0.1) is 5.82 Å². The monoisotopic (exact) mass is 339 g/mol. The van der Waals surface area contributed by atoms with Gasteiger partial charge in [-0.15, -0.1) is 0 Å². The molecule has 3 nitrogen and oxygen atoms in total. The Kier molecular flexibility index (Phi) is 6.01. The van der Waals surface area contributed by atoms with Crippen molar-refractivity contribution in [1.82, 2.24) is 0 Å². The number of rotatable bonds is 6. The summed E-state index contributed by atoms with van der Waals surface area (Å²) in [6.45, 7) is 0.403. The van der Waals surface area contributed by atoms with E-state index in [0.717, 1.165) is 0 Å². The Morgan fingerprint density at radius 2 is 2.22 bits per heavy atom. The highest BCUT2D eigenvalue weighted by Crippen LogP contribution is 2.35. The zero-order valence-corrected chi connectivity index (χ0v) is 12.4. The number of benzene rings is 1. The molecule has 0 radical (unpaired) electrons. The van der Waals surface area contributed by atoms with E-state index in [1.54, 1.807) is 6.07 Å². The first kappa shape index (κ1) is 15.9. The van der Waals surface area contributed by atoms with Crippen molar-refractivity contribution in [2.45, 2.75) is 18.4 Å². The maximum atomic E-state index is 14.1. The van der Waals surface area contributed by atoms with Gasteiger partial charge in [0.1, 0.15) is 11.4 Å². The number of hydrogen-bond acceptors (Lipinski definition) is 3. The number of halogens is 3. The molecule has 1 atom stereocenters. The number of ether oxygens (including phenoxy) is 1. The molecular formula is C12H16BrClFNO2. The molecule has 0 saturated heterocycles. The fourth-order valence-electron chi connectivity index (χ4n) is 1.80. The smallest absolute Gasteiger partial charge is 0.149 e. The molecule has 3 N–H and O–H groups in total. The molecule has 0 aromatic heterocycles. The van der Waals surface area contributed by atoms with E-state index in [9.17, 15) is 9.50 Å². The van der Waals surface area contributed by atoms with Crippen LogP contribution in [0.3, 0.4) is 0 Å². The van der Waals surface area contributed by atoms with Crippen molar-refractivity contribution in [2.75, 3.05) is 20.3 Å². The van der Waals surface area contributed by atoms with Crippen LogP contribution in [0.25, 0.3) is 0 Å². The zero-order chi connectivity index (χ0) is 13.8. The molecule has 0 aliphatic rings. The van der Waals surface area contributed by atoms with Crippen LogP contribution in [0.5, 0.6) is 0 Å². The van der Waals surface area contributed by atoms with Gasteiger partial charge in [0.2, 0.25) is 0 Å². The Balaban J connectivity index is 3.17. The van der Waals surface area contributed by atoms with Crippen LogP contribution >= 0.6 is 27.5 Å². The van der Waals surface area contributed by atoms with Gasteiger partial charge >= 0.3 is 0 Å². The quantitative estimate of drug-likeness (QED) is 0.783. The Hall–Kier alpha value is -0.200. The van der Waals surface area contributed by atoms with Crippen LogP contribution < -0.4 is 5.73 Å². The van der Waals surface area contributed by atoms with E-state index in [-0.39, 0.29) is 17.2 Å². The van der Waals surface area contributed by atoms with Gasteiger partial charge in [0.25, 0.3) is 0 Å². The molecule has 18 heavy (non-hydrogen) atoms. The van der Waals surface area contributed by atoms with Crippen LogP contribution in [-0.4, -0.2) is 25.4 Å². The van der Waals surface area contributed by atoms with Gasteiger partial charge in [0, 0.05) is 17.1 Å². The molecule has 0 aliphatic heterocycles. The third kappa shape index (κ3) is 3.42. The van der Waals surface area contributed by atoms with Crippen LogP contribution in [-0.2, 0) is 10.3 Å². The van der Waals surface area contributed by atoms with Crippen molar-refractivity contribution in [3.05, 3.63) is 33.0 Å². The van der Waals surface area contributed by atoms with E-state index in [1.165, 1.54) is 13.2 Å². The molecule has 0 bridgehead atoms. The van der Waals surface area contributed by atoms with Crippen LogP contribution in [0.4, 0.5) is 4.39 Å². The molecule has 0 spiro atoms. The van der Waals surface area contributed by atoms with Crippen molar-refractivity contribution in [3.63, 3.8) is 0 Å². The van der Waals surface area contributed by atoms with E-state index in [4.69, 9.17) is 22.1 Å². The lowest BCUT2D eigenvalue weighted by Crippen LogP contribution is -2.33. The third-order valence-electron chi connectivity index (χ3n) is 2.71. The van der Waals surface area contributed by atoms with Crippen molar-refractivity contribution in [1.29, 1.82) is 0 Å². The standard InChI is InChI=1S/C12H16BrClFNO2/c1-18-7-12(17,5-2-6-16)8-3-4-9(13)10(14)11(8)15/h3-4,17H,2,5-7,16H2,1H3. The molecular weight excluding hydrogens is 324 g/mol. The van der Waals surface area contributed by atoms with Gasteiger partial charge in [-0.3, -0.25) is 0 Å². The van der Waals surface area contributed by atoms with Gasteiger partial charge < -0.3 is 15.6 Å². The predicted octanol–water partition coefficient (Wildman–Crippen LogP) is 2.81. The number of hydrogen-bond donors (Lipinski definition) is 2. The summed E-state index contributed by atoms with van der Waals surface area (Å²) in [4.78, 5) is 0. The maximum absolute atomic E-state index is 14.1. The SMILES string of the molecule is COCC(O)(CCCN)c1ccc(Br)c(Cl)c1F. The lowest BCUT2D eigenvalue weighted by Gasteiger charge is -2.28. The van der Waals surface area contributed by atoms with Gasteiger partial charge in [0.15, 0.2) is 0 Å². The minimum atomic E-state index is -1.41. The molecule has 0 amide bonds. The van der Waals surface area contributed by atoms with E-state index in [0.29, 0.717) is 23.9 Å². The van der Waals surface area contributed by atoms with E-state index >= 15 is 0 Å². The second-order valence-electron chi connectivity index (χ2n) is 4.08. The Labute approximate surface area is 119 Å².